The zero-order chi connectivity index (χ0) is 13.2. The lowest BCUT2D eigenvalue weighted by Gasteiger charge is -2.21. The van der Waals surface area contributed by atoms with Crippen LogP contribution in [0.5, 0.6) is 0 Å². The summed E-state index contributed by atoms with van der Waals surface area (Å²) < 4.78 is 0. The molecule has 1 aliphatic carbocycles. The first-order chi connectivity index (χ1) is 9.22. The van der Waals surface area contributed by atoms with Crippen LogP contribution >= 0.6 is 11.3 Å². The van der Waals surface area contributed by atoms with Gasteiger partial charge >= 0.3 is 0 Å². The Labute approximate surface area is 118 Å². The van der Waals surface area contributed by atoms with E-state index in [2.05, 4.69) is 34.3 Å². The van der Waals surface area contributed by atoms with Crippen molar-refractivity contribution in [2.45, 2.75) is 38.9 Å². The number of nitrogens with zero attached hydrogens (tertiary/aromatic N) is 2. The number of aryl methyl sites for hydroxylation is 1. The average molecular weight is 273 g/mol. The van der Waals surface area contributed by atoms with E-state index in [9.17, 15) is 0 Å². The minimum absolute atomic E-state index is 0.712. The molecule has 0 amide bonds. The fourth-order valence-electron chi connectivity index (χ4n) is 2.30. The zero-order valence-electron chi connectivity index (χ0n) is 11.2. The molecule has 1 saturated carbocycles. The van der Waals surface area contributed by atoms with E-state index in [1.165, 1.54) is 23.4 Å². The molecule has 2 N–H and O–H groups in total. The highest BCUT2D eigenvalue weighted by Crippen LogP contribution is 2.31. The quantitative estimate of drug-likeness (QED) is 0.851. The summed E-state index contributed by atoms with van der Waals surface area (Å²) in [4.78, 5) is 7.07. The van der Waals surface area contributed by atoms with Crippen LogP contribution in [0.15, 0.2) is 29.6 Å². The van der Waals surface area contributed by atoms with Gasteiger partial charge in [0.05, 0.1) is 6.54 Å². The van der Waals surface area contributed by atoms with Crippen LogP contribution < -0.4 is 5.73 Å². The largest absolute Gasteiger partial charge is 0.398 e. The minimum atomic E-state index is 0.712. The van der Waals surface area contributed by atoms with E-state index in [1.54, 1.807) is 11.3 Å². The van der Waals surface area contributed by atoms with Crippen LogP contribution in [0.2, 0.25) is 0 Å². The summed E-state index contributed by atoms with van der Waals surface area (Å²) in [5, 5.41) is 3.33. The molecule has 1 aromatic heterocycles. The molecule has 1 aliphatic rings. The topological polar surface area (TPSA) is 42.1 Å². The van der Waals surface area contributed by atoms with Crippen LogP contribution in [0.25, 0.3) is 0 Å². The maximum absolute atomic E-state index is 6.05. The van der Waals surface area contributed by atoms with Crippen molar-refractivity contribution in [1.29, 1.82) is 0 Å². The van der Waals surface area contributed by atoms with Crippen molar-refractivity contribution in [3.63, 3.8) is 0 Å². The molecule has 3 nitrogen and oxygen atoms in total. The monoisotopic (exact) mass is 273 g/mol. The van der Waals surface area contributed by atoms with E-state index in [0.29, 0.717) is 6.04 Å². The Morgan fingerprint density at radius 2 is 2.11 bits per heavy atom. The molecule has 1 fully saturated rings. The summed E-state index contributed by atoms with van der Waals surface area (Å²) in [6, 6.07) is 8.87. The van der Waals surface area contributed by atoms with E-state index in [4.69, 9.17) is 5.73 Å². The molecule has 0 bridgehead atoms. The van der Waals surface area contributed by atoms with E-state index in [0.717, 1.165) is 24.5 Å². The van der Waals surface area contributed by atoms with Crippen LogP contribution in [-0.4, -0.2) is 15.9 Å². The van der Waals surface area contributed by atoms with Crippen LogP contribution in [0, 0.1) is 6.92 Å². The molecular weight excluding hydrogens is 254 g/mol. The Hall–Kier alpha value is -1.39. The van der Waals surface area contributed by atoms with Crippen LogP contribution in [0.4, 0.5) is 5.69 Å². The van der Waals surface area contributed by atoms with Gasteiger partial charge in [0.1, 0.15) is 5.01 Å². The molecule has 1 aromatic carbocycles. The predicted molar refractivity (Wildman–Crippen MR) is 80.0 cm³/mol. The first-order valence-corrected chi connectivity index (χ1v) is 7.59. The van der Waals surface area contributed by atoms with E-state index in [-0.39, 0.29) is 0 Å². The third-order valence-electron chi connectivity index (χ3n) is 3.50. The van der Waals surface area contributed by atoms with Crippen LogP contribution in [0.3, 0.4) is 0 Å². The maximum Gasteiger partial charge on any atom is 0.107 e. The second kappa shape index (κ2) is 5.31. The second-order valence-corrected chi connectivity index (χ2v) is 6.16. The summed E-state index contributed by atoms with van der Waals surface area (Å²) in [7, 11) is 0. The summed E-state index contributed by atoms with van der Waals surface area (Å²) >= 11 is 1.75. The number of nitrogen functional groups attached to an aromatic ring is 1. The predicted octanol–water partition coefficient (Wildman–Crippen LogP) is 3.20. The lowest BCUT2D eigenvalue weighted by atomic mass is 10.1. The van der Waals surface area contributed by atoms with Gasteiger partial charge in [-0.3, -0.25) is 4.90 Å². The molecule has 0 unspecified atom stereocenters. The molecule has 2 aromatic rings. The van der Waals surface area contributed by atoms with Crippen molar-refractivity contribution in [3.05, 3.63) is 45.9 Å². The van der Waals surface area contributed by atoms with Gasteiger partial charge in [0.15, 0.2) is 0 Å². The van der Waals surface area contributed by atoms with Crippen molar-refractivity contribution in [2.24, 2.45) is 0 Å². The molecular formula is C15H19N3S. The molecule has 0 radical (unpaired) electrons. The lowest BCUT2D eigenvalue weighted by Crippen LogP contribution is -2.25. The Kier molecular flexibility index (Phi) is 3.53. The molecule has 0 aliphatic heterocycles. The minimum Gasteiger partial charge on any atom is -0.398 e. The molecule has 0 saturated heterocycles. The zero-order valence-corrected chi connectivity index (χ0v) is 12.0. The van der Waals surface area contributed by atoms with Crippen molar-refractivity contribution >= 4 is 17.0 Å². The van der Waals surface area contributed by atoms with Crippen molar-refractivity contribution in [3.8, 4) is 0 Å². The lowest BCUT2D eigenvalue weighted by molar-refractivity contribution is 0.246. The molecule has 100 valence electrons. The Bertz CT molecular complexity index is 560. The van der Waals surface area contributed by atoms with Gasteiger partial charge in [0, 0.05) is 29.3 Å². The van der Waals surface area contributed by atoms with Gasteiger partial charge in [-0.05, 0) is 31.4 Å². The summed E-state index contributed by atoms with van der Waals surface area (Å²) in [5.74, 6) is 0. The average Bonchev–Trinajstić information content (AvgIpc) is 3.16. The molecule has 0 spiro atoms. The molecule has 4 heteroatoms. The second-order valence-electron chi connectivity index (χ2n) is 5.22. The maximum atomic E-state index is 6.05. The number of nitrogens with two attached hydrogens (primary N) is 1. The molecule has 1 heterocycles. The highest BCUT2D eigenvalue weighted by Gasteiger charge is 2.29. The van der Waals surface area contributed by atoms with Gasteiger partial charge in [0.2, 0.25) is 0 Å². The molecule has 19 heavy (non-hydrogen) atoms. The first-order valence-electron chi connectivity index (χ1n) is 6.71. The van der Waals surface area contributed by atoms with Crippen LogP contribution in [-0.2, 0) is 13.1 Å². The SMILES string of the molecule is Cc1csc(CN(Cc2ccccc2N)C2CC2)n1. The number of benzene rings is 1. The Balaban J connectivity index is 1.73. The summed E-state index contributed by atoms with van der Waals surface area (Å²) in [6.45, 7) is 3.92. The number of hydrogen-bond donors (Lipinski definition) is 1. The standard InChI is InChI=1S/C15H19N3S/c1-11-10-19-15(17-11)9-18(13-6-7-13)8-12-4-2-3-5-14(12)16/h2-5,10,13H,6-9,16H2,1H3. The fraction of sp³-hybridized carbons (Fsp3) is 0.400. The van der Waals surface area contributed by atoms with Crippen LogP contribution in [0.1, 0.15) is 29.1 Å². The number of hydrogen-bond acceptors (Lipinski definition) is 4. The summed E-state index contributed by atoms with van der Waals surface area (Å²) in [6.07, 6.45) is 2.61. The molecule has 0 atom stereocenters. The smallest absolute Gasteiger partial charge is 0.107 e. The Morgan fingerprint density at radius 3 is 2.74 bits per heavy atom. The van der Waals surface area contributed by atoms with Gasteiger partial charge in [0.25, 0.3) is 0 Å². The highest BCUT2D eigenvalue weighted by atomic mass is 32.1. The third-order valence-corrected chi connectivity index (χ3v) is 4.45. The number of thiazole rings is 1. The van der Waals surface area contributed by atoms with Gasteiger partial charge in [-0.25, -0.2) is 4.98 Å². The Morgan fingerprint density at radius 1 is 1.32 bits per heavy atom. The van der Waals surface area contributed by atoms with Crippen molar-refractivity contribution in [1.82, 2.24) is 9.88 Å². The van der Waals surface area contributed by atoms with Gasteiger partial charge in [-0.1, -0.05) is 18.2 Å². The van der Waals surface area contributed by atoms with E-state index in [1.807, 2.05) is 12.1 Å². The van der Waals surface area contributed by atoms with Crippen molar-refractivity contribution < 1.29 is 0 Å². The van der Waals surface area contributed by atoms with Gasteiger partial charge in [-0.15, -0.1) is 11.3 Å². The third kappa shape index (κ3) is 3.14. The van der Waals surface area contributed by atoms with Gasteiger partial charge < -0.3 is 5.73 Å². The van der Waals surface area contributed by atoms with E-state index < -0.39 is 0 Å². The number of aromatic nitrogens is 1. The fourth-order valence-corrected chi connectivity index (χ4v) is 3.10. The normalized spacial score (nSPS) is 15.1. The first kappa shape index (κ1) is 12.6. The van der Waals surface area contributed by atoms with Crippen molar-refractivity contribution in [2.75, 3.05) is 5.73 Å². The number of rotatable bonds is 5. The highest BCUT2D eigenvalue weighted by molar-refractivity contribution is 7.09. The van der Waals surface area contributed by atoms with Gasteiger partial charge in [-0.2, -0.15) is 0 Å². The molecule has 3 rings (SSSR count). The number of para-hydroxylation sites is 1. The van der Waals surface area contributed by atoms with E-state index >= 15 is 0 Å². The number of anilines is 1. The summed E-state index contributed by atoms with van der Waals surface area (Å²) in [5.41, 5.74) is 9.28.